The number of carbonyl (C=O) groups is 1. The molecule has 6 heteroatoms. The minimum atomic E-state index is 0. The van der Waals surface area contributed by atoms with Gasteiger partial charge >= 0.3 is 0 Å². The van der Waals surface area contributed by atoms with Gasteiger partial charge in [0.05, 0.1) is 6.42 Å². The van der Waals surface area contributed by atoms with Crippen LogP contribution in [-0.4, -0.2) is 42.1 Å². The summed E-state index contributed by atoms with van der Waals surface area (Å²) in [4.78, 5) is 14.2. The van der Waals surface area contributed by atoms with Crippen molar-refractivity contribution >= 4 is 29.3 Å². The number of piperidine rings is 1. The maximum absolute atomic E-state index is 12.4. The highest BCUT2D eigenvalue weighted by atomic mass is 35.5. The van der Waals surface area contributed by atoms with Gasteiger partial charge in [0.2, 0.25) is 5.91 Å². The van der Waals surface area contributed by atoms with E-state index in [1.807, 2.05) is 36.2 Å². The van der Waals surface area contributed by atoms with Gasteiger partial charge in [0.15, 0.2) is 5.58 Å². The van der Waals surface area contributed by atoms with Gasteiger partial charge in [-0.3, -0.25) is 4.79 Å². The third kappa shape index (κ3) is 3.36. The van der Waals surface area contributed by atoms with Crippen molar-refractivity contribution in [3.05, 3.63) is 30.0 Å². The molecule has 0 bridgehead atoms. The van der Waals surface area contributed by atoms with Gasteiger partial charge in [0, 0.05) is 18.5 Å². The number of nitrogens with zero attached hydrogens (tertiary/aromatic N) is 2. The minimum Gasteiger partial charge on any atom is -0.356 e. The Morgan fingerprint density at radius 2 is 2.10 bits per heavy atom. The first kappa shape index (κ1) is 15.8. The molecule has 0 aliphatic carbocycles. The summed E-state index contributed by atoms with van der Waals surface area (Å²) in [6.07, 6.45) is 2.33. The zero-order valence-corrected chi connectivity index (χ0v) is 12.9. The van der Waals surface area contributed by atoms with E-state index < -0.39 is 0 Å². The Kier molecular flexibility index (Phi) is 5.20. The number of nitrogens with one attached hydrogen (secondary N) is 1. The van der Waals surface area contributed by atoms with Crippen LogP contribution in [0.5, 0.6) is 0 Å². The monoisotopic (exact) mass is 309 g/mol. The molecule has 0 radical (unpaired) electrons. The molecule has 114 valence electrons. The lowest BCUT2D eigenvalue weighted by Gasteiger charge is -2.31. The first-order chi connectivity index (χ1) is 9.75. The molecule has 1 fully saturated rings. The first-order valence-corrected chi connectivity index (χ1v) is 7.05. The number of para-hydroxylation sites is 1. The van der Waals surface area contributed by atoms with Crippen molar-refractivity contribution in [3.8, 4) is 0 Å². The van der Waals surface area contributed by atoms with E-state index in [4.69, 9.17) is 4.52 Å². The number of likely N-dealkylation sites (N-methyl/N-ethyl adjacent to an activating group) is 1. The van der Waals surface area contributed by atoms with Crippen LogP contribution in [0.15, 0.2) is 28.8 Å². The minimum absolute atomic E-state index is 0. The molecule has 1 aromatic heterocycles. The molecule has 0 unspecified atom stereocenters. The van der Waals surface area contributed by atoms with Crippen molar-refractivity contribution in [2.75, 3.05) is 20.1 Å². The lowest BCUT2D eigenvalue weighted by atomic mass is 10.0. The molecule has 1 aliphatic heterocycles. The van der Waals surface area contributed by atoms with Crippen molar-refractivity contribution in [2.24, 2.45) is 0 Å². The van der Waals surface area contributed by atoms with Crippen LogP contribution in [0.25, 0.3) is 11.0 Å². The highest BCUT2D eigenvalue weighted by Gasteiger charge is 2.23. The van der Waals surface area contributed by atoms with Crippen LogP contribution >= 0.6 is 12.4 Å². The number of carbonyl (C=O) groups excluding carboxylic acids is 1. The van der Waals surface area contributed by atoms with Gasteiger partial charge in [-0.05, 0) is 38.1 Å². The second kappa shape index (κ2) is 6.91. The molecule has 5 nitrogen and oxygen atoms in total. The normalized spacial score (nSPS) is 15.7. The number of rotatable bonds is 3. The average molecular weight is 310 g/mol. The molecule has 2 heterocycles. The molecular formula is C15H20ClN3O2. The molecule has 1 saturated heterocycles. The number of fused-ring (bicyclic) bond motifs is 1. The maximum Gasteiger partial charge on any atom is 0.228 e. The molecule has 1 N–H and O–H groups in total. The Morgan fingerprint density at radius 3 is 2.86 bits per heavy atom. The molecule has 3 rings (SSSR count). The Balaban J connectivity index is 0.00000161. The van der Waals surface area contributed by atoms with E-state index in [2.05, 4.69) is 10.5 Å². The van der Waals surface area contributed by atoms with Crippen LogP contribution in [0.4, 0.5) is 0 Å². The van der Waals surface area contributed by atoms with Crippen molar-refractivity contribution in [1.29, 1.82) is 0 Å². The van der Waals surface area contributed by atoms with Crippen LogP contribution < -0.4 is 5.32 Å². The zero-order valence-electron chi connectivity index (χ0n) is 12.0. The van der Waals surface area contributed by atoms with Crippen LogP contribution in [0, 0.1) is 0 Å². The number of benzene rings is 1. The molecule has 1 aliphatic rings. The fourth-order valence-corrected chi connectivity index (χ4v) is 2.73. The van der Waals surface area contributed by atoms with Gasteiger partial charge in [-0.1, -0.05) is 17.3 Å². The quantitative estimate of drug-likeness (QED) is 0.942. The van der Waals surface area contributed by atoms with Gasteiger partial charge in [0.25, 0.3) is 0 Å². The van der Waals surface area contributed by atoms with E-state index in [9.17, 15) is 4.79 Å². The first-order valence-electron chi connectivity index (χ1n) is 7.05. The second-order valence-electron chi connectivity index (χ2n) is 5.29. The van der Waals surface area contributed by atoms with Crippen molar-refractivity contribution < 1.29 is 9.32 Å². The van der Waals surface area contributed by atoms with Gasteiger partial charge in [-0.2, -0.15) is 0 Å². The van der Waals surface area contributed by atoms with E-state index in [1.165, 1.54) is 0 Å². The molecule has 0 saturated carbocycles. The summed E-state index contributed by atoms with van der Waals surface area (Å²) in [6, 6.07) is 7.98. The summed E-state index contributed by atoms with van der Waals surface area (Å²) in [7, 11) is 1.89. The summed E-state index contributed by atoms with van der Waals surface area (Å²) >= 11 is 0. The topological polar surface area (TPSA) is 58.4 Å². The van der Waals surface area contributed by atoms with Gasteiger partial charge in [0.1, 0.15) is 5.69 Å². The molecule has 2 aromatic rings. The largest absolute Gasteiger partial charge is 0.356 e. The lowest BCUT2D eigenvalue weighted by Crippen LogP contribution is -2.44. The Bertz CT molecular complexity index is 608. The third-order valence-corrected chi connectivity index (χ3v) is 4.02. The number of halogens is 1. The Morgan fingerprint density at radius 1 is 1.38 bits per heavy atom. The Hall–Kier alpha value is -1.59. The lowest BCUT2D eigenvalue weighted by molar-refractivity contribution is -0.131. The van der Waals surface area contributed by atoms with Crippen LogP contribution in [0.2, 0.25) is 0 Å². The van der Waals surface area contributed by atoms with Crippen LogP contribution in [0.3, 0.4) is 0 Å². The predicted octanol–water partition coefficient (Wildman–Crippen LogP) is 2.00. The molecule has 1 amide bonds. The smallest absolute Gasteiger partial charge is 0.228 e. The van der Waals surface area contributed by atoms with Crippen molar-refractivity contribution in [2.45, 2.75) is 25.3 Å². The maximum atomic E-state index is 12.4. The zero-order chi connectivity index (χ0) is 13.9. The average Bonchev–Trinajstić information content (AvgIpc) is 2.91. The van der Waals surface area contributed by atoms with E-state index in [1.54, 1.807) is 0 Å². The van der Waals surface area contributed by atoms with E-state index in [0.29, 0.717) is 12.5 Å². The van der Waals surface area contributed by atoms with Gasteiger partial charge in [-0.25, -0.2) is 0 Å². The Labute approximate surface area is 130 Å². The molecular weight excluding hydrogens is 290 g/mol. The van der Waals surface area contributed by atoms with E-state index >= 15 is 0 Å². The number of amides is 1. The molecule has 0 atom stereocenters. The van der Waals surface area contributed by atoms with Gasteiger partial charge in [-0.15, -0.1) is 12.4 Å². The number of aromatic nitrogens is 1. The summed E-state index contributed by atoms with van der Waals surface area (Å²) in [5.74, 6) is 0.107. The molecule has 21 heavy (non-hydrogen) atoms. The summed E-state index contributed by atoms with van der Waals surface area (Å²) < 4.78 is 5.24. The molecule has 1 aromatic carbocycles. The number of hydrogen-bond donors (Lipinski definition) is 1. The van der Waals surface area contributed by atoms with Crippen molar-refractivity contribution in [1.82, 2.24) is 15.4 Å². The van der Waals surface area contributed by atoms with E-state index in [0.717, 1.165) is 42.6 Å². The summed E-state index contributed by atoms with van der Waals surface area (Å²) in [5, 5.41) is 8.27. The second-order valence-corrected chi connectivity index (χ2v) is 5.29. The predicted molar refractivity (Wildman–Crippen MR) is 83.6 cm³/mol. The summed E-state index contributed by atoms with van der Waals surface area (Å²) in [5.41, 5.74) is 1.46. The van der Waals surface area contributed by atoms with Gasteiger partial charge < -0.3 is 14.7 Å². The van der Waals surface area contributed by atoms with Crippen LogP contribution in [0.1, 0.15) is 18.5 Å². The highest BCUT2D eigenvalue weighted by molar-refractivity contribution is 5.86. The fraction of sp³-hybridized carbons (Fsp3) is 0.467. The van der Waals surface area contributed by atoms with Crippen molar-refractivity contribution in [3.63, 3.8) is 0 Å². The fourth-order valence-electron chi connectivity index (χ4n) is 2.73. The SMILES string of the molecule is CN(C(=O)Cc1noc2ccccc12)C1CCNCC1.Cl. The third-order valence-electron chi connectivity index (χ3n) is 4.02. The summed E-state index contributed by atoms with van der Waals surface area (Å²) in [6.45, 7) is 1.96. The number of hydrogen-bond acceptors (Lipinski definition) is 4. The molecule has 0 spiro atoms. The van der Waals surface area contributed by atoms with E-state index in [-0.39, 0.29) is 18.3 Å². The standard InChI is InChI=1S/C15H19N3O2.ClH/c1-18(11-6-8-16-9-7-11)15(19)10-13-12-4-2-3-5-14(12)20-17-13;/h2-5,11,16H,6-10H2,1H3;1H. The van der Waals surface area contributed by atoms with Crippen LogP contribution in [-0.2, 0) is 11.2 Å². The highest BCUT2D eigenvalue weighted by Crippen LogP contribution is 2.19.